The number of nitrogens with zero attached hydrogens (tertiary/aromatic N) is 1. The van der Waals surface area contributed by atoms with Gasteiger partial charge in [-0.3, -0.25) is 10.4 Å². The number of hydrogen-bond acceptors (Lipinski definition) is 3. The van der Waals surface area contributed by atoms with Crippen LogP contribution in [0.1, 0.15) is 26.2 Å². The summed E-state index contributed by atoms with van der Waals surface area (Å²) in [5.41, 5.74) is 5.70. The maximum Gasteiger partial charge on any atom is 0.127 e. The number of unbranched alkanes of at least 4 members (excludes halogenated alkanes) is 2. The molecule has 0 aromatic carbocycles. The Balaban J connectivity index is 4.53. The molecule has 0 unspecified atom stereocenters. The van der Waals surface area contributed by atoms with Crippen molar-refractivity contribution >= 4 is 35.3 Å². The Morgan fingerprint density at radius 3 is 2.59 bits per heavy atom. The second-order valence-electron chi connectivity index (χ2n) is 3.41. The van der Waals surface area contributed by atoms with E-state index in [1.807, 2.05) is 0 Å². The SMILES string of the molecule is C=C(Cl)NC(Cl)=C(C=NCCCCC)C(=N)N. The molecule has 4 N–H and O–H groups in total. The third-order valence-corrected chi connectivity index (χ3v) is 2.28. The molecule has 17 heavy (non-hydrogen) atoms. The quantitative estimate of drug-likeness (QED) is 0.276. The summed E-state index contributed by atoms with van der Waals surface area (Å²) < 4.78 is 0. The Morgan fingerprint density at radius 1 is 1.47 bits per heavy atom. The maximum absolute atomic E-state index is 7.37. The number of nitrogens with two attached hydrogens (primary N) is 1. The molecular weight excluding hydrogens is 259 g/mol. The van der Waals surface area contributed by atoms with Gasteiger partial charge in [0.2, 0.25) is 0 Å². The van der Waals surface area contributed by atoms with Gasteiger partial charge in [0.25, 0.3) is 0 Å². The topological polar surface area (TPSA) is 74.3 Å². The average Bonchev–Trinajstić information content (AvgIpc) is 2.21. The fourth-order valence-electron chi connectivity index (χ4n) is 1.04. The summed E-state index contributed by atoms with van der Waals surface area (Å²) >= 11 is 11.4. The lowest BCUT2D eigenvalue weighted by Gasteiger charge is -2.06. The lowest BCUT2D eigenvalue weighted by Crippen LogP contribution is -2.19. The van der Waals surface area contributed by atoms with E-state index in [9.17, 15) is 0 Å². The molecule has 96 valence electrons. The predicted molar refractivity (Wildman–Crippen MR) is 75.8 cm³/mol. The van der Waals surface area contributed by atoms with Crippen LogP contribution in [0.2, 0.25) is 0 Å². The Kier molecular flexibility index (Phi) is 8.54. The Morgan fingerprint density at radius 2 is 2.12 bits per heavy atom. The summed E-state index contributed by atoms with van der Waals surface area (Å²) in [5, 5.41) is 10.3. The van der Waals surface area contributed by atoms with E-state index in [4.69, 9.17) is 34.3 Å². The van der Waals surface area contributed by atoms with Crippen molar-refractivity contribution in [3.8, 4) is 0 Å². The molecule has 0 bridgehead atoms. The lowest BCUT2D eigenvalue weighted by molar-refractivity contribution is 0.729. The summed E-state index contributed by atoms with van der Waals surface area (Å²) in [7, 11) is 0. The molecule has 0 aliphatic rings. The standard InChI is InChI=1S/C11H18Cl2N4/c1-3-4-5-6-16-7-9(11(14)15)10(13)17-8(2)12/h7,17H,2-6H2,1H3,(H3,14,15). The minimum absolute atomic E-state index is 0.150. The summed E-state index contributed by atoms with van der Waals surface area (Å²) in [6.07, 6.45) is 4.75. The third kappa shape index (κ3) is 7.82. The van der Waals surface area contributed by atoms with Crippen molar-refractivity contribution in [2.45, 2.75) is 26.2 Å². The van der Waals surface area contributed by atoms with Crippen molar-refractivity contribution in [2.24, 2.45) is 10.7 Å². The van der Waals surface area contributed by atoms with Crippen LogP contribution in [0.5, 0.6) is 0 Å². The van der Waals surface area contributed by atoms with E-state index in [2.05, 4.69) is 23.8 Å². The number of nitrogens with one attached hydrogen (secondary N) is 2. The molecule has 0 spiro atoms. The van der Waals surface area contributed by atoms with E-state index in [0.717, 1.165) is 19.3 Å². The lowest BCUT2D eigenvalue weighted by atomic mass is 10.2. The zero-order valence-electron chi connectivity index (χ0n) is 9.89. The van der Waals surface area contributed by atoms with E-state index in [-0.39, 0.29) is 16.1 Å². The number of rotatable bonds is 8. The molecule has 0 atom stereocenters. The first-order chi connectivity index (χ1) is 7.99. The van der Waals surface area contributed by atoms with Crippen molar-refractivity contribution in [3.05, 3.63) is 22.5 Å². The summed E-state index contributed by atoms with van der Waals surface area (Å²) in [6, 6.07) is 0. The molecule has 0 aliphatic heterocycles. The van der Waals surface area contributed by atoms with Gasteiger partial charge in [-0.2, -0.15) is 0 Å². The van der Waals surface area contributed by atoms with Gasteiger partial charge in [-0.15, -0.1) is 0 Å². The second-order valence-corrected chi connectivity index (χ2v) is 4.25. The molecular formula is C11H18Cl2N4. The van der Waals surface area contributed by atoms with E-state index < -0.39 is 0 Å². The van der Waals surface area contributed by atoms with Gasteiger partial charge in [0.05, 0.1) is 10.7 Å². The number of hydrogen-bond donors (Lipinski definition) is 3. The zero-order chi connectivity index (χ0) is 13.3. The number of halogens is 2. The molecule has 0 saturated carbocycles. The molecule has 6 heteroatoms. The number of amidine groups is 1. The first kappa shape index (κ1) is 16.0. The largest absolute Gasteiger partial charge is 0.384 e. The first-order valence-electron chi connectivity index (χ1n) is 5.34. The predicted octanol–water partition coefficient (Wildman–Crippen LogP) is 2.93. The van der Waals surface area contributed by atoms with Crippen molar-refractivity contribution in [1.82, 2.24) is 5.32 Å². The Hall–Kier alpha value is -1.00. The van der Waals surface area contributed by atoms with Crippen molar-refractivity contribution < 1.29 is 0 Å². The van der Waals surface area contributed by atoms with Crippen LogP contribution in [0.15, 0.2) is 27.5 Å². The highest BCUT2D eigenvalue weighted by Crippen LogP contribution is 2.08. The third-order valence-electron chi connectivity index (χ3n) is 1.88. The summed E-state index contributed by atoms with van der Waals surface area (Å²) in [6.45, 7) is 6.25. The number of aliphatic imine (C=N–C) groups is 1. The highest BCUT2D eigenvalue weighted by Gasteiger charge is 2.05. The first-order valence-corrected chi connectivity index (χ1v) is 6.10. The van der Waals surface area contributed by atoms with Crippen molar-refractivity contribution in [3.63, 3.8) is 0 Å². The van der Waals surface area contributed by atoms with E-state index in [1.165, 1.54) is 6.21 Å². The molecule has 0 amide bonds. The monoisotopic (exact) mass is 276 g/mol. The van der Waals surface area contributed by atoms with E-state index >= 15 is 0 Å². The molecule has 0 radical (unpaired) electrons. The molecule has 0 aromatic rings. The normalized spacial score (nSPS) is 12.4. The maximum atomic E-state index is 7.37. The van der Waals surface area contributed by atoms with E-state index in [1.54, 1.807) is 0 Å². The van der Waals surface area contributed by atoms with Crippen molar-refractivity contribution in [2.75, 3.05) is 6.54 Å². The Bertz CT molecular complexity index is 334. The van der Waals surface area contributed by atoms with Crippen molar-refractivity contribution in [1.29, 1.82) is 5.41 Å². The second kappa shape index (κ2) is 9.07. The van der Waals surface area contributed by atoms with Gasteiger partial charge in [0.1, 0.15) is 11.0 Å². The smallest absolute Gasteiger partial charge is 0.127 e. The highest BCUT2D eigenvalue weighted by molar-refractivity contribution is 6.36. The van der Waals surface area contributed by atoms with Gasteiger partial charge >= 0.3 is 0 Å². The minimum atomic E-state index is -0.167. The highest BCUT2D eigenvalue weighted by atomic mass is 35.5. The van der Waals surface area contributed by atoms with Crippen LogP contribution in [-0.2, 0) is 0 Å². The van der Waals surface area contributed by atoms with Crippen LogP contribution in [0.4, 0.5) is 0 Å². The van der Waals surface area contributed by atoms with Gasteiger partial charge in [0, 0.05) is 12.8 Å². The molecule has 0 aliphatic carbocycles. The minimum Gasteiger partial charge on any atom is -0.384 e. The van der Waals surface area contributed by atoms with Crippen LogP contribution >= 0.6 is 23.2 Å². The van der Waals surface area contributed by atoms with Crippen LogP contribution in [0.3, 0.4) is 0 Å². The fourth-order valence-corrected chi connectivity index (χ4v) is 1.45. The van der Waals surface area contributed by atoms with Gasteiger partial charge in [-0.1, -0.05) is 49.5 Å². The van der Waals surface area contributed by atoms with Gasteiger partial charge < -0.3 is 11.1 Å². The molecule has 0 rings (SSSR count). The van der Waals surface area contributed by atoms with Gasteiger partial charge in [0.15, 0.2) is 0 Å². The molecule has 0 aromatic heterocycles. The van der Waals surface area contributed by atoms with Crippen LogP contribution in [0, 0.1) is 5.41 Å². The van der Waals surface area contributed by atoms with Crippen LogP contribution in [0.25, 0.3) is 0 Å². The average molecular weight is 277 g/mol. The molecule has 0 fully saturated rings. The van der Waals surface area contributed by atoms with Crippen LogP contribution in [-0.4, -0.2) is 18.6 Å². The molecule has 0 heterocycles. The molecule has 4 nitrogen and oxygen atoms in total. The summed E-state index contributed by atoms with van der Waals surface area (Å²) in [5.74, 6) is -0.167. The van der Waals surface area contributed by atoms with Crippen LogP contribution < -0.4 is 11.1 Å². The zero-order valence-corrected chi connectivity index (χ0v) is 11.4. The summed E-state index contributed by atoms with van der Waals surface area (Å²) in [4.78, 5) is 4.16. The van der Waals surface area contributed by atoms with Gasteiger partial charge in [-0.25, -0.2) is 0 Å². The van der Waals surface area contributed by atoms with Gasteiger partial charge in [-0.05, 0) is 6.42 Å². The van der Waals surface area contributed by atoms with E-state index in [0.29, 0.717) is 12.1 Å². The Labute approximate surface area is 112 Å². The fraction of sp³-hybridized carbons (Fsp3) is 0.455. The molecule has 0 saturated heterocycles.